The van der Waals surface area contributed by atoms with Crippen molar-refractivity contribution in [2.24, 2.45) is 46.3 Å². The fraction of sp³-hybridized carbons (Fsp3) is 0.727. The van der Waals surface area contributed by atoms with Crippen LogP contribution in [0.1, 0.15) is 86.5 Å². The van der Waals surface area contributed by atoms with Gasteiger partial charge < -0.3 is 5.11 Å². The maximum absolute atomic E-state index is 11.4. The van der Waals surface area contributed by atoms with E-state index in [1.54, 1.807) is 6.07 Å². The molecular formula is C33H47N3O4. The Morgan fingerprint density at radius 3 is 2.52 bits per heavy atom. The Balaban J connectivity index is 1.40. The molecule has 3 heterocycles. The van der Waals surface area contributed by atoms with Crippen molar-refractivity contribution >= 4 is 11.5 Å². The molecule has 1 N–H and O–H groups in total. The van der Waals surface area contributed by atoms with Crippen molar-refractivity contribution in [3.05, 3.63) is 52.7 Å². The number of allylic oxidation sites excluding steroid dienone is 2. The first-order valence-corrected chi connectivity index (χ1v) is 15.5. The van der Waals surface area contributed by atoms with Crippen LogP contribution in [0.25, 0.3) is 0 Å². The van der Waals surface area contributed by atoms with E-state index in [-0.39, 0.29) is 16.5 Å². The van der Waals surface area contributed by atoms with E-state index in [1.165, 1.54) is 25.1 Å². The van der Waals surface area contributed by atoms with E-state index in [4.69, 9.17) is 4.84 Å². The van der Waals surface area contributed by atoms with Gasteiger partial charge in [0, 0.05) is 29.7 Å². The van der Waals surface area contributed by atoms with Gasteiger partial charge in [0.2, 0.25) is 0 Å². The number of anilines is 1. The van der Waals surface area contributed by atoms with Crippen LogP contribution >= 0.6 is 0 Å². The highest BCUT2D eigenvalue weighted by Crippen LogP contribution is 2.73. The molecule has 1 aromatic rings. The summed E-state index contributed by atoms with van der Waals surface area (Å²) in [4.78, 5) is 22.8. The number of aromatic nitrogens is 1. The van der Waals surface area contributed by atoms with Crippen LogP contribution in [0.4, 0.5) is 11.5 Å². The topological polar surface area (TPSA) is 88.7 Å². The van der Waals surface area contributed by atoms with E-state index in [2.05, 4.69) is 70.8 Å². The molecule has 40 heavy (non-hydrogen) atoms. The van der Waals surface area contributed by atoms with Gasteiger partial charge in [-0.3, -0.25) is 15.0 Å². The number of hydroxylamine groups is 1. The maximum atomic E-state index is 11.4. The van der Waals surface area contributed by atoms with Gasteiger partial charge in [0.05, 0.1) is 16.6 Å². The highest BCUT2D eigenvalue weighted by Gasteiger charge is 2.75. The molecule has 0 aromatic carbocycles. The fourth-order valence-corrected chi connectivity index (χ4v) is 9.92. The van der Waals surface area contributed by atoms with Gasteiger partial charge in [-0.15, -0.1) is 0 Å². The molecule has 7 heteroatoms. The first-order valence-electron chi connectivity index (χ1n) is 15.5. The number of aliphatic hydroxyl groups is 1. The van der Waals surface area contributed by atoms with Crippen LogP contribution in [0.15, 0.2) is 42.6 Å². The molecular weight excluding hydrogens is 502 g/mol. The Hall–Kier alpha value is -2.25. The van der Waals surface area contributed by atoms with E-state index in [9.17, 15) is 15.2 Å². The van der Waals surface area contributed by atoms with Crippen LogP contribution in [-0.2, 0) is 4.84 Å². The highest BCUT2D eigenvalue weighted by atomic mass is 16.7. The van der Waals surface area contributed by atoms with Crippen LogP contribution in [0, 0.1) is 56.5 Å². The molecule has 2 bridgehead atoms. The molecule has 4 fully saturated rings. The summed E-state index contributed by atoms with van der Waals surface area (Å²) in [7, 11) is 0. The zero-order valence-electron chi connectivity index (χ0n) is 25.0. The quantitative estimate of drug-likeness (QED) is 0.228. The van der Waals surface area contributed by atoms with Crippen molar-refractivity contribution in [3.63, 3.8) is 0 Å². The predicted octanol–water partition coefficient (Wildman–Crippen LogP) is 7.27. The van der Waals surface area contributed by atoms with Crippen molar-refractivity contribution in [2.45, 2.75) is 104 Å². The summed E-state index contributed by atoms with van der Waals surface area (Å²) < 4.78 is 0. The van der Waals surface area contributed by atoms with Crippen molar-refractivity contribution in [1.82, 2.24) is 4.98 Å². The number of nitro groups is 1. The van der Waals surface area contributed by atoms with Crippen molar-refractivity contribution in [2.75, 3.05) is 5.06 Å². The number of rotatable bonds is 6. The molecule has 10 atom stereocenters. The lowest BCUT2D eigenvalue weighted by molar-refractivity contribution is -0.385. The van der Waals surface area contributed by atoms with E-state index >= 15 is 0 Å². The summed E-state index contributed by atoms with van der Waals surface area (Å²) in [6.07, 6.45) is 17.5. The summed E-state index contributed by atoms with van der Waals surface area (Å²) >= 11 is 0. The number of pyridine rings is 1. The molecule has 2 spiro atoms. The van der Waals surface area contributed by atoms with Crippen molar-refractivity contribution in [1.29, 1.82) is 0 Å². The third kappa shape index (κ3) is 3.72. The van der Waals surface area contributed by atoms with E-state index in [0.29, 0.717) is 47.7 Å². The Morgan fingerprint density at radius 2 is 1.85 bits per heavy atom. The molecule has 218 valence electrons. The van der Waals surface area contributed by atoms with E-state index in [0.717, 1.165) is 25.7 Å². The summed E-state index contributed by atoms with van der Waals surface area (Å²) in [5, 5.41) is 24.3. The Morgan fingerprint density at radius 1 is 1.07 bits per heavy atom. The average Bonchev–Trinajstić information content (AvgIpc) is 3.29. The second-order valence-electron chi connectivity index (χ2n) is 14.6. The highest BCUT2D eigenvalue weighted by molar-refractivity contribution is 5.52. The number of hydrogen-bond acceptors (Lipinski definition) is 6. The van der Waals surface area contributed by atoms with Crippen LogP contribution in [0.2, 0.25) is 0 Å². The lowest BCUT2D eigenvalue weighted by Gasteiger charge is -2.73. The minimum absolute atomic E-state index is 0.0286. The van der Waals surface area contributed by atoms with Crippen LogP contribution < -0.4 is 5.06 Å². The second kappa shape index (κ2) is 9.38. The Labute approximate surface area is 239 Å². The summed E-state index contributed by atoms with van der Waals surface area (Å²) in [5.41, 5.74) is -0.949. The van der Waals surface area contributed by atoms with Gasteiger partial charge in [0.25, 0.3) is 5.69 Å². The fourth-order valence-electron chi connectivity index (χ4n) is 9.92. The molecule has 0 amide bonds. The minimum Gasteiger partial charge on any atom is -0.393 e. The molecule has 4 aliphatic carbocycles. The number of fused-ring (bicyclic) bond motifs is 2. The molecule has 0 radical (unpaired) electrons. The monoisotopic (exact) mass is 549 g/mol. The first kappa shape index (κ1) is 27.9. The number of aliphatic hydroxyl groups excluding tert-OH is 1. The zero-order chi connectivity index (χ0) is 28.7. The van der Waals surface area contributed by atoms with Gasteiger partial charge in [-0.1, -0.05) is 65.8 Å². The summed E-state index contributed by atoms with van der Waals surface area (Å²) in [6, 6.07) is 3.24. The van der Waals surface area contributed by atoms with Crippen molar-refractivity contribution in [3.8, 4) is 0 Å². The molecule has 1 saturated heterocycles. The normalized spacial score (nSPS) is 43.5. The molecule has 2 aliphatic heterocycles. The minimum atomic E-state index is -0.533. The summed E-state index contributed by atoms with van der Waals surface area (Å²) in [5.74, 6) is 3.64. The molecule has 1 unspecified atom stereocenters. The third-order valence-electron chi connectivity index (χ3n) is 12.6. The summed E-state index contributed by atoms with van der Waals surface area (Å²) in [6.45, 7) is 14.2. The van der Waals surface area contributed by atoms with Gasteiger partial charge in [-0.25, -0.2) is 10.0 Å². The van der Waals surface area contributed by atoms with Gasteiger partial charge in [-0.2, -0.15) is 0 Å². The van der Waals surface area contributed by atoms with Gasteiger partial charge in [0.15, 0.2) is 5.82 Å². The van der Waals surface area contributed by atoms with E-state index < -0.39 is 22.2 Å². The standard InChI is InChI=1S/C33H47N3O4/c1-21(2)22(3)7-8-23(4)26-10-11-27-30(26,5)15-14-28-31(6)16-13-25(37)19-32(31)17-18-33(27,28)40-35(32)29-12-9-24(20-34-29)36(38)39/h7-9,12,17-18,20-23,25-28,37H,10-11,13-16,19H2,1-6H3/b8-7+/t22-,23+,25-,26+,27+,28?,30+,31+,32+,33-/m0/s1. The van der Waals surface area contributed by atoms with Gasteiger partial charge in [0.1, 0.15) is 11.8 Å². The van der Waals surface area contributed by atoms with Crippen LogP contribution in [-0.4, -0.2) is 32.3 Å². The SMILES string of the molecule is CC(C)[C@@H](C)/C=C/[C@@H](C)[C@H]1CC[C@@H]2[C@]1(C)CCC1[C@]23C=C[C@]2(C[C@@H](O)CC[C@]12C)N(c1ccc([N+](=O)[O-])cn1)O3. The molecule has 3 saturated carbocycles. The van der Waals surface area contributed by atoms with Crippen molar-refractivity contribution < 1.29 is 14.9 Å². The Kier molecular flexibility index (Phi) is 6.54. The lowest BCUT2D eigenvalue weighted by Crippen LogP contribution is -2.79. The van der Waals surface area contributed by atoms with Gasteiger partial charge >= 0.3 is 0 Å². The smallest absolute Gasteiger partial charge is 0.287 e. The lowest BCUT2D eigenvalue weighted by atomic mass is 9.41. The average molecular weight is 550 g/mol. The third-order valence-corrected chi connectivity index (χ3v) is 12.6. The largest absolute Gasteiger partial charge is 0.393 e. The van der Waals surface area contributed by atoms with Gasteiger partial charge in [-0.05, 0) is 73.7 Å². The van der Waals surface area contributed by atoms with Crippen LogP contribution in [0.3, 0.4) is 0 Å². The molecule has 7 rings (SSSR count). The second-order valence-corrected chi connectivity index (χ2v) is 14.6. The first-order chi connectivity index (χ1) is 18.9. The Bertz CT molecular complexity index is 1210. The molecule has 1 aromatic heterocycles. The zero-order valence-corrected chi connectivity index (χ0v) is 25.0. The predicted molar refractivity (Wildman–Crippen MR) is 156 cm³/mol. The number of nitrogens with zero attached hydrogens (tertiary/aromatic N) is 3. The molecule has 6 aliphatic rings. The van der Waals surface area contributed by atoms with Crippen LogP contribution in [0.5, 0.6) is 0 Å². The maximum Gasteiger partial charge on any atom is 0.287 e. The van der Waals surface area contributed by atoms with E-state index in [1.807, 2.05) is 5.06 Å². The number of hydrogen-bond donors (Lipinski definition) is 1. The molecule has 7 nitrogen and oxygen atoms in total.